The van der Waals surface area contributed by atoms with Crippen LogP contribution in [0.2, 0.25) is 0 Å². The molecule has 0 amide bonds. The largest absolute Gasteiger partial charge is 0.384 e. The number of hydrogen-bond acceptors (Lipinski definition) is 4. The van der Waals surface area contributed by atoms with Crippen LogP contribution in [0.3, 0.4) is 0 Å². The van der Waals surface area contributed by atoms with E-state index in [-0.39, 0.29) is 0 Å². The summed E-state index contributed by atoms with van der Waals surface area (Å²) in [5.41, 5.74) is 1.08. The predicted octanol–water partition coefficient (Wildman–Crippen LogP) is 4.06. The summed E-state index contributed by atoms with van der Waals surface area (Å²) in [7, 11) is -3.11. The van der Waals surface area contributed by atoms with E-state index in [1.165, 1.54) is 6.26 Å². The number of halogens is 1. The van der Waals surface area contributed by atoms with E-state index in [1.807, 2.05) is 36.4 Å². The van der Waals surface area contributed by atoms with Crippen LogP contribution in [0.25, 0.3) is 0 Å². The second-order valence-corrected chi connectivity index (χ2v) is 8.63. The molecule has 0 atom stereocenters. The van der Waals surface area contributed by atoms with Crippen LogP contribution in [0.4, 0.5) is 5.69 Å². The van der Waals surface area contributed by atoms with Gasteiger partial charge in [0.2, 0.25) is 0 Å². The lowest BCUT2D eigenvalue weighted by molar-refractivity contribution is 0.602. The molecule has 0 aliphatic heterocycles. The minimum atomic E-state index is -3.11. The molecular weight excluding hydrogens is 370 g/mol. The molecule has 0 radical (unpaired) electrons. The zero-order valence-corrected chi connectivity index (χ0v) is 14.8. The lowest BCUT2D eigenvalue weighted by atomic mass is 10.3. The molecule has 1 N–H and O–H groups in total. The van der Waals surface area contributed by atoms with E-state index in [0.717, 1.165) is 27.4 Å². The average Bonchev–Trinajstić information content (AvgIpc) is 2.43. The summed E-state index contributed by atoms with van der Waals surface area (Å²) in [5, 5.41) is 3.34. The van der Waals surface area contributed by atoms with Crippen molar-refractivity contribution in [3.8, 4) is 0 Å². The average molecular weight is 386 g/mol. The van der Waals surface area contributed by atoms with E-state index in [9.17, 15) is 8.42 Å². The minimum absolute atomic E-state index is 0.360. The van der Waals surface area contributed by atoms with Crippen LogP contribution < -0.4 is 5.32 Å². The number of thioether (sulfide) groups is 1. The van der Waals surface area contributed by atoms with Gasteiger partial charge in [0.15, 0.2) is 9.84 Å². The van der Waals surface area contributed by atoms with Gasteiger partial charge in [-0.15, -0.1) is 11.8 Å². The highest BCUT2D eigenvalue weighted by atomic mass is 79.9. The van der Waals surface area contributed by atoms with Crippen molar-refractivity contribution >= 4 is 43.2 Å². The Kier molecular flexibility index (Phi) is 5.72. The molecule has 2 aromatic carbocycles. The summed E-state index contributed by atoms with van der Waals surface area (Å²) in [4.78, 5) is 1.43. The third-order valence-electron chi connectivity index (χ3n) is 2.78. The maximum absolute atomic E-state index is 11.4. The Morgan fingerprint density at radius 3 is 2.48 bits per heavy atom. The topological polar surface area (TPSA) is 46.2 Å². The summed E-state index contributed by atoms with van der Waals surface area (Å²) < 4.78 is 23.8. The standard InChI is InChI=1S/C15H16BrNO2S2/c1-21(18,19)15-7-5-14(6-8-15)20-10-9-17-13-4-2-3-12(16)11-13/h2-8,11,17H,9-10H2,1H3. The van der Waals surface area contributed by atoms with Crippen molar-refractivity contribution in [2.24, 2.45) is 0 Å². The Morgan fingerprint density at radius 2 is 1.86 bits per heavy atom. The highest BCUT2D eigenvalue weighted by Crippen LogP contribution is 2.21. The lowest BCUT2D eigenvalue weighted by Gasteiger charge is -2.07. The molecule has 0 fully saturated rings. The van der Waals surface area contributed by atoms with E-state index < -0.39 is 9.84 Å². The molecule has 0 aromatic heterocycles. The number of hydrogen-bond donors (Lipinski definition) is 1. The monoisotopic (exact) mass is 385 g/mol. The van der Waals surface area contributed by atoms with Crippen LogP contribution in [0, 0.1) is 0 Å². The van der Waals surface area contributed by atoms with Crippen LogP contribution >= 0.6 is 27.7 Å². The van der Waals surface area contributed by atoms with Gasteiger partial charge in [-0.05, 0) is 42.5 Å². The first-order valence-corrected chi connectivity index (χ1v) is 10.0. The number of sulfone groups is 1. The molecule has 2 aromatic rings. The van der Waals surface area contributed by atoms with Crippen molar-refractivity contribution in [3.63, 3.8) is 0 Å². The summed E-state index contributed by atoms with van der Waals surface area (Å²) in [6.45, 7) is 0.842. The molecule has 0 spiro atoms. The summed E-state index contributed by atoms with van der Waals surface area (Å²) in [6, 6.07) is 15.0. The highest BCUT2D eigenvalue weighted by molar-refractivity contribution is 9.10. The Labute approximate surface area is 138 Å². The van der Waals surface area contributed by atoms with Crippen LogP contribution in [0.1, 0.15) is 0 Å². The normalized spacial score (nSPS) is 11.3. The van der Waals surface area contributed by atoms with Crippen LogP contribution in [0.15, 0.2) is 62.8 Å². The lowest BCUT2D eigenvalue weighted by Crippen LogP contribution is -2.03. The van der Waals surface area contributed by atoms with Crippen molar-refractivity contribution in [2.75, 3.05) is 23.9 Å². The van der Waals surface area contributed by atoms with Gasteiger partial charge in [0.05, 0.1) is 4.90 Å². The third kappa shape index (κ3) is 5.37. The number of nitrogens with one attached hydrogen (secondary N) is 1. The van der Waals surface area contributed by atoms with E-state index in [2.05, 4.69) is 21.2 Å². The van der Waals surface area contributed by atoms with Gasteiger partial charge in [-0.2, -0.15) is 0 Å². The number of anilines is 1. The van der Waals surface area contributed by atoms with E-state index >= 15 is 0 Å². The van der Waals surface area contributed by atoms with Crippen molar-refractivity contribution in [1.29, 1.82) is 0 Å². The molecule has 0 heterocycles. The molecule has 0 saturated heterocycles. The van der Waals surface area contributed by atoms with Gasteiger partial charge < -0.3 is 5.32 Å². The van der Waals surface area contributed by atoms with E-state index in [0.29, 0.717) is 4.90 Å². The molecule has 21 heavy (non-hydrogen) atoms. The van der Waals surface area contributed by atoms with Crippen molar-refractivity contribution < 1.29 is 8.42 Å². The van der Waals surface area contributed by atoms with E-state index in [1.54, 1.807) is 23.9 Å². The summed E-state index contributed by atoms with van der Waals surface area (Å²) in [5.74, 6) is 0.907. The molecule has 0 unspecified atom stereocenters. The van der Waals surface area contributed by atoms with Gasteiger partial charge in [0.25, 0.3) is 0 Å². The fourth-order valence-corrected chi connectivity index (χ4v) is 3.54. The number of rotatable bonds is 6. The first-order chi connectivity index (χ1) is 9.95. The SMILES string of the molecule is CS(=O)(=O)c1ccc(SCCNc2cccc(Br)c2)cc1. The zero-order chi connectivity index (χ0) is 15.3. The fraction of sp³-hybridized carbons (Fsp3) is 0.200. The predicted molar refractivity (Wildman–Crippen MR) is 92.9 cm³/mol. The van der Waals surface area contributed by atoms with Gasteiger partial charge in [-0.1, -0.05) is 22.0 Å². The van der Waals surface area contributed by atoms with Crippen LogP contribution in [0.5, 0.6) is 0 Å². The van der Waals surface area contributed by atoms with Gasteiger partial charge in [-0.25, -0.2) is 8.42 Å². The first kappa shape index (κ1) is 16.4. The van der Waals surface area contributed by atoms with Gasteiger partial charge in [0.1, 0.15) is 0 Å². The smallest absolute Gasteiger partial charge is 0.175 e. The quantitative estimate of drug-likeness (QED) is 0.601. The Morgan fingerprint density at radius 1 is 1.14 bits per heavy atom. The summed E-state index contributed by atoms with van der Waals surface area (Å²) in [6.07, 6.45) is 1.22. The van der Waals surface area contributed by atoms with Crippen LogP contribution in [-0.4, -0.2) is 27.0 Å². The second kappa shape index (κ2) is 7.33. The molecule has 0 saturated carbocycles. The Hall–Kier alpha value is -0.980. The molecule has 0 aliphatic rings. The molecule has 0 bridgehead atoms. The van der Waals surface area contributed by atoms with Crippen molar-refractivity contribution in [1.82, 2.24) is 0 Å². The Balaban J connectivity index is 1.81. The molecule has 0 aliphatic carbocycles. The van der Waals surface area contributed by atoms with Gasteiger partial charge in [0, 0.05) is 33.6 Å². The minimum Gasteiger partial charge on any atom is -0.384 e. The van der Waals surface area contributed by atoms with Crippen molar-refractivity contribution in [2.45, 2.75) is 9.79 Å². The first-order valence-electron chi connectivity index (χ1n) is 6.37. The zero-order valence-electron chi connectivity index (χ0n) is 11.5. The Bertz CT molecular complexity index is 700. The molecule has 2 rings (SSSR count). The van der Waals surface area contributed by atoms with E-state index in [4.69, 9.17) is 0 Å². The maximum Gasteiger partial charge on any atom is 0.175 e. The molecule has 112 valence electrons. The highest BCUT2D eigenvalue weighted by Gasteiger charge is 2.06. The molecule has 3 nitrogen and oxygen atoms in total. The fourth-order valence-electron chi connectivity index (χ4n) is 1.75. The van der Waals surface area contributed by atoms with Crippen molar-refractivity contribution in [3.05, 3.63) is 53.0 Å². The second-order valence-electron chi connectivity index (χ2n) is 4.53. The summed E-state index contributed by atoms with van der Waals surface area (Å²) >= 11 is 5.13. The van der Waals surface area contributed by atoms with Gasteiger partial charge >= 0.3 is 0 Å². The third-order valence-corrected chi connectivity index (χ3v) is 5.41. The number of benzene rings is 2. The molecule has 6 heteroatoms. The maximum atomic E-state index is 11.4. The molecular formula is C15H16BrNO2S2. The van der Waals surface area contributed by atoms with Gasteiger partial charge in [-0.3, -0.25) is 0 Å². The van der Waals surface area contributed by atoms with Crippen LogP contribution in [-0.2, 0) is 9.84 Å².